The summed E-state index contributed by atoms with van der Waals surface area (Å²) in [6, 6.07) is 6.45. The van der Waals surface area contributed by atoms with Gasteiger partial charge in [-0.2, -0.15) is 18.4 Å². The molecule has 2 aliphatic rings. The monoisotopic (exact) mass is 350 g/mol. The van der Waals surface area contributed by atoms with Crippen LogP contribution in [0.2, 0.25) is 0 Å². The van der Waals surface area contributed by atoms with E-state index < -0.39 is 17.8 Å². The first kappa shape index (κ1) is 15.2. The second-order valence-corrected chi connectivity index (χ2v) is 5.35. The maximum atomic E-state index is 13.3. The van der Waals surface area contributed by atoms with Crippen LogP contribution in [0.25, 0.3) is 0 Å². The van der Waals surface area contributed by atoms with E-state index in [1.807, 2.05) is 11.2 Å². The van der Waals surface area contributed by atoms with Crippen molar-refractivity contribution in [1.29, 1.82) is 5.26 Å². The van der Waals surface area contributed by atoms with E-state index in [0.29, 0.717) is 17.1 Å². The number of hydrogen-bond acceptors (Lipinski definition) is 6. The normalized spacial score (nSPS) is 18.6. The van der Waals surface area contributed by atoms with Gasteiger partial charge in [-0.25, -0.2) is 0 Å². The lowest BCUT2D eigenvalue weighted by molar-refractivity contribution is -0.141. The SMILES string of the molecule is N#CC1=C(N)Oc2n[nH]c(C(F)(F)F)c2[C@@H]1c1ccc2c(c1)OCO2. The van der Waals surface area contributed by atoms with E-state index in [-0.39, 0.29) is 29.7 Å². The number of nitriles is 1. The Morgan fingerprint density at radius 3 is 2.76 bits per heavy atom. The topological polar surface area (TPSA) is 106 Å². The minimum absolute atomic E-state index is 0.0143. The van der Waals surface area contributed by atoms with Crippen LogP contribution in [0.3, 0.4) is 0 Å². The lowest BCUT2D eigenvalue weighted by Crippen LogP contribution is -2.22. The van der Waals surface area contributed by atoms with Gasteiger partial charge in [0.1, 0.15) is 17.3 Å². The van der Waals surface area contributed by atoms with Gasteiger partial charge in [-0.05, 0) is 17.7 Å². The summed E-state index contributed by atoms with van der Waals surface area (Å²) in [7, 11) is 0. The van der Waals surface area contributed by atoms with Gasteiger partial charge in [-0.15, -0.1) is 5.10 Å². The molecule has 10 heteroatoms. The van der Waals surface area contributed by atoms with Crippen molar-refractivity contribution in [3.63, 3.8) is 0 Å². The summed E-state index contributed by atoms with van der Waals surface area (Å²) >= 11 is 0. The number of aromatic amines is 1. The maximum absolute atomic E-state index is 13.3. The molecular weight excluding hydrogens is 341 g/mol. The number of benzene rings is 1. The number of alkyl halides is 3. The Balaban J connectivity index is 1.94. The predicted octanol–water partition coefficient (Wildman–Crippen LogP) is 2.38. The van der Waals surface area contributed by atoms with Gasteiger partial charge < -0.3 is 19.9 Å². The molecule has 0 radical (unpaired) electrons. The highest BCUT2D eigenvalue weighted by atomic mass is 19.4. The molecule has 0 fully saturated rings. The molecule has 2 aromatic rings. The van der Waals surface area contributed by atoms with Crippen LogP contribution in [0.1, 0.15) is 22.7 Å². The Morgan fingerprint density at radius 2 is 2.04 bits per heavy atom. The molecule has 0 saturated carbocycles. The number of hydrogen-bond donors (Lipinski definition) is 2. The fourth-order valence-electron chi connectivity index (χ4n) is 2.89. The number of fused-ring (bicyclic) bond motifs is 2. The number of nitrogens with two attached hydrogens (primary N) is 1. The van der Waals surface area contributed by atoms with Gasteiger partial charge in [-0.3, -0.25) is 5.10 Å². The molecule has 0 aliphatic carbocycles. The Bertz CT molecular complexity index is 942. The fourth-order valence-corrected chi connectivity index (χ4v) is 2.89. The zero-order chi connectivity index (χ0) is 17.8. The van der Waals surface area contributed by atoms with Crippen molar-refractivity contribution in [3.05, 3.63) is 46.5 Å². The van der Waals surface area contributed by atoms with E-state index in [1.54, 1.807) is 12.1 Å². The van der Waals surface area contributed by atoms with E-state index >= 15 is 0 Å². The Hall–Kier alpha value is -3.35. The highest BCUT2D eigenvalue weighted by molar-refractivity contribution is 5.58. The van der Waals surface area contributed by atoms with E-state index in [1.165, 1.54) is 6.07 Å². The Morgan fingerprint density at radius 1 is 1.28 bits per heavy atom. The fraction of sp³-hybridized carbons (Fsp3) is 0.200. The van der Waals surface area contributed by atoms with E-state index in [2.05, 4.69) is 5.10 Å². The molecular formula is C15H9F3N4O3. The van der Waals surface area contributed by atoms with Gasteiger partial charge in [0.15, 0.2) is 11.5 Å². The van der Waals surface area contributed by atoms with Crippen LogP contribution in [0, 0.1) is 11.3 Å². The van der Waals surface area contributed by atoms with Gasteiger partial charge in [0.25, 0.3) is 0 Å². The predicted molar refractivity (Wildman–Crippen MR) is 75.5 cm³/mol. The molecule has 3 N–H and O–H groups in total. The van der Waals surface area contributed by atoms with Crippen molar-refractivity contribution >= 4 is 0 Å². The molecule has 2 aliphatic heterocycles. The van der Waals surface area contributed by atoms with Crippen molar-refractivity contribution in [3.8, 4) is 23.4 Å². The molecule has 0 bridgehead atoms. The average Bonchev–Trinajstić information content (AvgIpc) is 3.18. The maximum Gasteiger partial charge on any atom is 0.433 e. The number of allylic oxidation sites excluding steroid dienone is 1. The third-order valence-corrected chi connectivity index (χ3v) is 3.95. The van der Waals surface area contributed by atoms with Crippen LogP contribution in [0.15, 0.2) is 29.7 Å². The standard InChI is InChI=1S/C15H9F3N4O3/c16-15(17,18)12-11-10(6-1-2-8-9(3-6)24-5-23-8)7(4-19)13(20)25-14(11)22-21-12/h1-3,10H,5,20H2,(H,21,22)/t10-/m1/s1. The first-order valence-electron chi connectivity index (χ1n) is 7.02. The van der Waals surface area contributed by atoms with Crippen LogP contribution in [0.4, 0.5) is 13.2 Å². The number of halogens is 3. The first-order valence-corrected chi connectivity index (χ1v) is 7.02. The molecule has 128 valence electrons. The quantitative estimate of drug-likeness (QED) is 0.818. The third-order valence-electron chi connectivity index (χ3n) is 3.95. The summed E-state index contributed by atoms with van der Waals surface area (Å²) in [5.41, 5.74) is 4.56. The van der Waals surface area contributed by atoms with Crippen molar-refractivity contribution in [1.82, 2.24) is 10.2 Å². The molecule has 25 heavy (non-hydrogen) atoms. The first-order chi connectivity index (χ1) is 11.9. The summed E-state index contributed by atoms with van der Waals surface area (Å²) in [4.78, 5) is 0. The van der Waals surface area contributed by atoms with Gasteiger partial charge in [0, 0.05) is 0 Å². The Labute approximate surface area is 138 Å². The van der Waals surface area contributed by atoms with Crippen LogP contribution >= 0.6 is 0 Å². The average molecular weight is 350 g/mol. The number of nitrogens with one attached hydrogen (secondary N) is 1. The molecule has 7 nitrogen and oxygen atoms in total. The van der Waals surface area contributed by atoms with Gasteiger partial charge >= 0.3 is 6.18 Å². The van der Waals surface area contributed by atoms with E-state index in [4.69, 9.17) is 19.9 Å². The molecule has 1 aromatic heterocycles. The molecule has 3 heterocycles. The number of H-pyrrole nitrogens is 1. The van der Waals surface area contributed by atoms with E-state index in [0.717, 1.165) is 0 Å². The number of rotatable bonds is 1. The van der Waals surface area contributed by atoms with Gasteiger partial charge in [-0.1, -0.05) is 6.07 Å². The van der Waals surface area contributed by atoms with Crippen LogP contribution in [-0.2, 0) is 6.18 Å². The van der Waals surface area contributed by atoms with Crippen molar-refractivity contribution in [2.24, 2.45) is 5.73 Å². The highest BCUT2D eigenvalue weighted by Gasteiger charge is 2.44. The number of ether oxygens (including phenoxy) is 3. The molecule has 4 rings (SSSR count). The summed E-state index contributed by atoms with van der Waals surface area (Å²) in [5.74, 6) is -0.865. The number of aromatic nitrogens is 2. The van der Waals surface area contributed by atoms with E-state index in [9.17, 15) is 18.4 Å². The smallest absolute Gasteiger partial charge is 0.433 e. The summed E-state index contributed by atoms with van der Waals surface area (Å²) in [6.07, 6.45) is -4.70. The lowest BCUT2D eigenvalue weighted by Gasteiger charge is -2.24. The molecule has 1 atom stereocenters. The summed E-state index contributed by atoms with van der Waals surface area (Å²) in [6.45, 7) is 0.0143. The van der Waals surface area contributed by atoms with Gasteiger partial charge in [0.05, 0.1) is 11.5 Å². The van der Waals surface area contributed by atoms with Crippen LogP contribution < -0.4 is 19.9 Å². The molecule has 0 spiro atoms. The zero-order valence-corrected chi connectivity index (χ0v) is 12.3. The summed E-state index contributed by atoms with van der Waals surface area (Å²) in [5, 5.41) is 14.9. The minimum atomic E-state index is -4.70. The Kier molecular flexibility index (Phi) is 3.08. The number of nitrogens with zero attached hydrogens (tertiary/aromatic N) is 2. The molecule has 1 aromatic carbocycles. The summed E-state index contributed by atoms with van der Waals surface area (Å²) < 4.78 is 55.6. The second-order valence-electron chi connectivity index (χ2n) is 5.35. The molecule has 0 saturated heterocycles. The zero-order valence-electron chi connectivity index (χ0n) is 12.3. The highest BCUT2D eigenvalue weighted by Crippen LogP contribution is 2.48. The van der Waals surface area contributed by atoms with Crippen molar-refractivity contribution in [2.75, 3.05) is 6.79 Å². The van der Waals surface area contributed by atoms with Crippen molar-refractivity contribution < 1.29 is 27.4 Å². The molecule has 0 unspecified atom stereocenters. The van der Waals surface area contributed by atoms with Gasteiger partial charge in [0.2, 0.25) is 18.6 Å². The third kappa shape index (κ3) is 2.24. The second kappa shape index (κ2) is 5.07. The van der Waals surface area contributed by atoms with Crippen LogP contribution in [-0.4, -0.2) is 17.0 Å². The van der Waals surface area contributed by atoms with Crippen molar-refractivity contribution in [2.45, 2.75) is 12.1 Å². The lowest BCUT2D eigenvalue weighted by atomic mass is 9.84. The largest absolute Gasteiger partial charge is 0.454 e. The van der Waals surface area contributed by atoms with Crippen LogP contribution in [0.5, 0.6) is 17.4 Å². The molecule has 0 amide bonds. The minimum Gasteiger partial charge on any atom is -0.454 e.